The standard InChI is InChI=1S/C19H15BrFN3O3/c20-12-4-5-15-14(9-12)19(27)24-7-6-23(10-16(24)17(25)22-15)18(26)11-2-1-3-13(21)8-11/h1-5,8-9,16H,6-7,10H2,(H,22,25). The highest BCUT2D eigenvalue weighted by Gasteiger charge is 2.40. The zero-order valence-electron chi connectivity index (χ0n) is 14.1. The second-order valence-electron chi connectivity index (χ2n) is 6.46. The van der Waals surface area contributed by atoms with Gasteiger partial charge in [0.15, 0.2) is 0 Å². The van der Waals surface area contributed by atoms with Crippen LogP contribution in [0.15, 0.2) is 46.9 Å². The van der Waals surface area contributed by atoms with Gasteiger partial charge < -0.3 is 15.1 Å². The predicted octanol–water partition coefficient (Wildman–Crippen LogP) is 2.51. The van der Waals surface area contributed by atoms with Crippen LogP contribution in [0.3, 0.4) is 0 Å². The molecular formula is C19H15BrFN3O3. The van der Waals surface area contributed by atoms with Gasteiger partial charge in [-0.3, -0.25) is 14.4 Å². The van der Waals surface area contributed by atoms with E-state index in [1.54, 1.807) is 18.2 Å². The van der Waals surface area contributed by atoms with Gasteiger partial charge in [0, 0.05) is 23.1 Å². The molecule has 0 spiro atoms. The van der Waals surface area contributed by atoms with Gasteiger partial charge in [-0.2, -0.15) is 0 Å². The monoisotopic (exact) mass is 431 g/mol. The summed E-state index contributed by atoms with van der Waals surface area (Å²) in [7, 11) is 0. The van der Waals surface area contributed by atoms with E-state index in [-0.39, 0.29) is 42.9 Å². The van der Waals surface area contributed by atoms with Gasteiger partial charge in [0.2, 0.25) is 5.91 Å². The maximum atomic E-state index is 13.4. The summed E-state index contributed by atoms with van der Waals surface area (Å²) in [5, 5.41) is 2.77. The zero-order chi connectivity index (χ0) is 19.1. The second kappa shape index (κ2) is 6.77. The molecule has 8 heteroatoms. The second-order valence-corrected chi connectivity index (χ2v) is 7.37. The normalized spacial score (nSPS) is 19.1. The number of carbonyl (C=O) groups excluding carboxylic acids is 3. The fourth-order valence-electron chi connectivity index (χ4n) is 3.41. The van der Waals surface area contributed by atoms with Crippen molar-refractivity contribution in [2.24, 2.45) is 0 Å². The van der Waals surface area contributed by atoms with Gasteiger partial charge in [0.1, 0.15) is 11.9 Å². The first-order valence-electron chi connectivity index (χ1n) is 8.40. The molecule has 1 unspecified atom stereocenters. The molecule has 2 aliphatic rings. The number of amides is 3. The number of fused-ring (bicyclic) bond motifs is 2. The quantitative estimate of drug-likeness (QED) is 0.753. The Morgan fingerprint density at radius 3 is 2.74 bits per heavy atom. The van der Waals surface area contributed by atoms with E-state index in [9.17, 15) is 18.8 Å². The van der Waals surface area contributed by atoms with E-state index in [1.807, 2.05) is 0 Å². The van der Waals surface area contributed by atoms with Crippen molar-refractivity contribution >= 4 is 39.3 Å². The van der Waals surface area contributed by atoms with E-state index in [0.717, 1.165) is 4.47 Å². The number of anilines is 1. The SMILES string of the molecule is O=C1Nc2ccc(Br)cc2C(=O)N2CCN(C(=O)c3cccc(F)c3)CC12. The molecule has 1 atom stereocenters. The number of piperazine rings is 1. The number of hydrogen-bond acceptors (Lipinski definition) is 3. The molecule has 1 N–H and O–H groups in total. The van der Waals surface area contributed by atoms with Crippen molar-refractivity contribution in [3.8, 4) is 0 Å². The molecule has 0 radical (unpaired) electrons. The Kier molecular flexibility index (Phi) is 4.43. The molecule has 3 amide bonds. The van der Waals surface area contributed by atoms with Crippen molar-refractivity contribution < 1.29 is 18.8 Å². The van der Waals surface area contributed by atoms with E-state index >= 15 is 0 Å². The van der Waals surface area contributed by atoms with Gasteiger partial charge >= 0.3 is 0 Å². The van der Waals surface area contributed by atoms with Crippen molar-refractivity contribution in [2.75, 3.05) is 25.0 Å². The highest BCUT2D eigenvalue weighted by atomic mass is 79.9. The van der Waals surface area contributed by atoms with Crippen molar-refractivity contribution in [1.82, 2.24) is 9.80 Å². The number of carbonyl (C=O) groups is 3. The smallest absolute Gasteiger partial charge is 0.256 e. The lowest BCUT2D eigenvalue weighted by Gasteiger charge is -2.39. The fourth-order valence-corrected chi connectivity index (χ4v) is 3.77. The molecule has 1 fully saturated rings. The molecule has 0 aliphatic carbocycles. The van der Waals surface area contributed by atoms with Crippen LogP contribution in [0.5, 0.6) is 0 Å². The summed E-state index contributed by atoms with van der Waals surface area (Å²) in [4.78, 5) is 41.3. The molecule has 27 heavy (non-hydrogen) atoms. The molecule has 2 aliphatic heterocycles. The van der Waals surface area contributed by atoms with Crippen LogP contribution in [-0.2, 0) is 4.79 Å². The molecule has 1 saturated heterocycles. The summed E-state index contributed by atoms with van der Waals surface area (Å²) in [6.45, 7) is 0.556. The predicted molar refractivity (Wildman–Crippen MR) is 99.9 cm³/mol. The largest absolute Gasteiger partial charge is 0.334 e. The molecule has 0 bridgehead atoms. The fraction of sp³-hybridized carbons (Fsp3) is 0.211. The Bertz CT molecular complexity index is 965. The van der Waals surface area contributed by atoms with E-state index in [0.29, 0.717) is 11.3 Å². The van der Waals surface area contributed by atoms with E-state index in [2.05, 4.69) is 21.2 Å². The molecular weight excluding hydrogens is 417 g/mol. The Morgan fingerprint density at radius 2 is 1.96 bits per heavy atom. The molecule has 0 saturated carbocycles. The third-order valence-corrected chi connectivity index (χ3v) is 5.27. The Balaban J connectivity index is 1.61. The van der Waals surface area contributed by atoms with Crippen molar-refractivity contribution in [1.29, 1.82) is 0 Å². The summed E-state index contributed by atoms with van der Waals surface area (Å²) in [5.41, 5.74) is 1.08. The van der Waals surface area contributed by atoms with E-state index in [1.165, 1.54) is 34.1 Å². The average molecular weight is 432 g/mol. The first-order valence-corrected chi connectivity index (χ1v) is 9.19. The first-order chi connectivity index (χ1) is 12.9. The molecule has 4 rings (SSSR count). The van der Waals surface area contributed by atoms with Crippen molar-refractivity contribution in [3.05, 3.63) is 63.9 Å². The number of benzene rings is 2. The Hall–Kier alpha value is -2.74. The summed E-state index contributed by atoms with van der Waals surface area (Å²) >= 11 is 3.34. The Labute approximate surface area is 163 Å². The summed E-state index contributed by atoms with van der Waals surface area (Å²) in [5.74, 6) is -1.46. The van der Waals surface area contributed by atoms with Gasteiger partial charge in [-0.05, 0) is 36.4 Å². The van der Waals surface area contributed by atoms with Crippen LogP contribution in [0.4, 0.5) is 10.1 Å². The summed E-state index contributed by atoms with van der Waals surface area (Å²) < 4.78 is 14.2. The molecule has 2 aromatic carbocycles. The minimum atomic E-state index is -0.796. The molecule has 6 nitrogen and oxygen atoms in total. The highest BCUT2D eigenvalue weighted by Crippen LogP contribution is 2.28. The van der Waals surface area contributed by atoms with Crippen LogP contribution < -0.4 is 5.32 Å². The van der Waals surface area contributed by atoms with E-state index in [4.69, 9.17) is 0 Å². The van der Waals surface area contributed by atoms with Crippen LogP contribution in [0, 0.1) is 5.82 Å². The van der Waals surface area contributed by atoms with Gasteiger partial charge in [-0.1, -0.05) is 22.0 Å². The molecule has 138 valence electrons. The minimum Gasteiger partial charge on any atom is -0.334 e. The third kappa shape index (κ3) is 3.21. The lowest BCUT2D eigenvalue weighted by molar-refractivity contribution is -0.121. The van der Waals surface area contributed by atoms with Crippen molar-refractivity contribution in [3.63, 3.8) is 0 Å². The molecule has 2 aromatic rings. The summed E-state index contributed by atoms with van der Waals surface area (Å²) in [6, 6.07) is 9.72. The van der Waals surface area contributed by atoms with Crippen LogP contribution in [0.25, 0.3) is 0 Å². The lowest BCUT2D eigenvalue weighted by Crippen LogP contribution is -2.59. The van der Waals surface area contributed by atoms with Gasteiger partial charge in [0.05, 0.1) is 17.8 Å². The first kappa shape index (κ1) is 17.7. The van der Waals surface area contributed by atoms with E-state index < -0.39 is 11.9 Å². The maximum absolute atomic E-state index is 13.4. The number of nitrogens with one attached hydrogen (secondary N) is 1. The zero-order valence-corrected chi connectivity index (χ0v) is 15.7. The molecule has 2 heterocycles. The third-order valence-electron chi connectivity index (χ3n) is 4.77. The van der Waals surface area contributed by atoms with Crippen LogP contribution in [-0.4, -0.2) is 53.2 Å². The highest BCUT2D eigenvalue weighted by molar-refractivity contribution is 9.10. The van der Waals surface area contributed by atoms with Crippen LogP contribution in [0.2, 0.25) is 0 Å². The van der Waals surface area contributed by atoms with Crippen molar-refractivity contribution in [2.45, 2.75) is 6.04 Å². The lowest BCUT2D eigenvalue weighted by atomic mass is 10.1. The van der Waals surface area contributed by atoms with Gasteiger partial charge in [0.25, 0.3) is 11.8 Å². The van der Waals surface area contributed by atoms with Crippen LogP contribution in [0.1, 0.15) is 20.7 Å². The Morgan fingerprint density at radius 1 is 1.15 bits per heavy atom. The number of halogens is 2. The van der Waals surface area contributed by atoms with Crippen LogP contribution >= 0.6 is 15.9 Å². The maximum Gasteiger partial charge on any atom is 0.256 e. The number of nitrogens with zero attached hydrogens (tertiary/aromatic N) is 2. The average Bonchev–Trinajstić information content (AvgIpc) is 2.76. The van der Waals surface area contributed by atoms with Gasteiger partial charge in [-0.25, -0.2) is 4.39 Å². The number of hydrogen-bond donors (Lipinski definition) is 1. The minimum absolute atomic E-state index is 0.0576. The topological polar surface area (TPSA) is 69.7 Å². The van der Waals surface area contributed by atoms with Gasteiger partial charge in [-0.15, -0.1) is 0 Å². The summed E-state index contributed by atoms with van der Waals surface area (Å²) in [6.07, 6.45) is 0. The number of rotatable bonds is 1. The molecule has 0 aromatic heterocycles.